The molecule has 3 aromatic rings. The van der Waals surface area contributed by atoms with Gasteiger partial charge in [0.15, 0.2) is 22.2 Å². The molecule has 2 aromatic heterocycles. The third kappa shape index (κ3) is 5.25. The van der Waals surface area contributed by atoms with Gasteiger partial charge >= 0.3 is 5.97 Å². The lowest BCUT2D eigenvalue weighted by atomic mass is 9.95. The van der Waals surface area contributed by atoms with Crippen LogP contribution >= 0.6 is 11.3 Å². The number of carbonyl (C=O) groups excluding carboxylic acids is 1. The molecule has 1 aromatic carbocycles. The van der Waals surface area contributed by atoms with Crippen LogP contribution in [0.25, 0.3) is 6.08 Å². The molecule has 0 aliphatic carbocycles. The molecule has 0 radical (unpaired) electrons. The van der Waals surface area contributed by atoms with E-state index in [9.17, 15) is 9.59 Å². The molecule has 1 fully saturated rings. The number of furan rings is 1. The highest BCUT2D eigenvalue weighted by Gasteiger charge is 2.34. The van der Waals surface area contributed by atoms with Crippen LogP contribution in [0.5, 0.6) is 11.5 Å². The van der Waals surface area contributed by atoms with E-state index in [1.807, 2.05) is 25.1 Å². The second-order valence-corrected chi connectivity index (χ2v) is 10.4. The first-order valence-corrected chi connectivity index (χ1v) is 14.1. The molecule has 39 heavy (non-hydrogen) atoms. The third-order valence-corrected chi connectivity index (χ3v) is 7.86. The van der Waals surface area contributed by atoms with Gasteiger partial charge < -0.3 is 23.5 Å². The Bertz CT molecular complexity index is 1570. The van der Waals surface area contributed by atoms with E-state index in [0.717, 1.165) is 31.8 Å². The van der Waals surface area contributed by atoms with Gasteiger partial charge in [-0.1, -0.05) is 17.4 Å². The number of allylic oxidation sites excluding steroid dienone is 1. The molecule has 0 N–H and O–H groups in total. The molecule has 2 aliphatic heterocycles. The summed E-state index contributed by atoms with van der Waals surface area (Å²) in [6, 6.07) is 8.50. The summed E-state index contributed by atoms with van der Waals surface area (Å²) in [5.41, 5.74) is 1.25. The molecule has 1 saturated heterocycles. The van der Waals surface area contributed by atoms with E-state index in [2.05, 4.69) is 9.89 Å². The number of benzene rings is 1. The van der Waals surface area contributed by atoms with Crippen molar-refractivity contribution in [3.05, 3.63) is 72.6 Å². The van der Waals surface area contributed by atoms with Crippen molar-refractivity contribution in [2.45, 2.75) is 46.1 Å². The summed E-state index contributed by atoms with van der Waals surface area (Å²) in [5, 5.41) is 0. The quantitative estimate of drug-likeness (QED) is 0.393. The van der Waals surface area contributed by atoms with E-state index in [1.165, 1.54) is 17.8 Å². The van der Waals surface area contributed by atoms with Gasteiger partial charge in [-0.3, -0.25) is 9.36 Å². The molecule has 206 valence electrons. The Kier molecular flexibility index (Phi) is 7.92. The molecule has 1 atom stereocenters. The number of rotatable bonds is 8. The number of anilines is 1. The Morgan fingerprint density at radius 1 is 1.13 bits per heavy atom. The van der Waals surface area contributed by atoms with Crippen LogP contribution in [-0.4, -0.2) is 43.9 Å². The maximum Gasteiger partial charge on any atom is 0.338 e. The lowest BCUT2D eigenvalue weighted by molar-refractivity contribution is -0.139. The summed E-state index contributed by atoms with van der Waals surface area (Å²) in [5.74, 6) is 1.99. The van der Waals surface area contributed by atoms with Crippen molar-refractivity contribution in [2.24, 2.45) is 4.99 Å². The van der Waals surface area contributed by atoms with Crippen LogP contribution in [0.15, 0.2) is 55.8 Å². The van der Waals surface area contributed by atoms with Crippen molar-refractivity contribution < 1.29 is 23.4 Å². The van der Waals surface area contributed by atoms with Crippen LogP contribution in [0.1, 0.15) is 57.4 Å². The summed E-state index contributed by atoms with van der Waals surface area (Å²) in [7, 11) is 1.57. The van der Waals surface area contributed by atoms with Crippen molar-refractivity contribution in [3.8, 4) is 11.5 Å². The van der Waals surface area contributed by atoms with Gasteiger partial charge in [0, 0.05) is 25.2 Å². The maximum absolute atomic E-state index is 13.9. The van der Waals surface area contributed by atoms with Crippen molar-refractivity contribution >= 4 is 29.3 Å². The fourth-order valence-corrected chi connectivity index (χ4v) is 6.10. The highest BCUT2D eigenvalue weighted by atomic mass is 32.1. The number of nitrogens with zero attached hydrogens (tertiary/aromatic N) is 3. The molecular weight excluding hydrogens is 518 g/mol. The zero-order valence-corrected chi connectivity index (χ0v) is 23.5. The van der Waals surface area contributed by atoms with Crippen molar-refractivity contribution in [2.75, 3.05) is 38.3 Å². The number of ether oxygens (including phenoxy) is 3. The smallest absolute Gasteiger partial charge is 0.338 e. The van der Waals surface area contributed by atoms with Crippen LogP contribution in [0.3, 0.4) is 0 Å². The van der Waals surface area contributed by atoms with Crippen LogP contribution in [-0.2, 0) is 9.53 Å². The Balaban J connectivity index is 1.63. The monoisotopic (exact) mass is 551 g/mol. The van der Waals surface area contributed by atoms with Gasteiger partial charge in [-0.25, -0.2) is 9.79 Å². The fraction of sp³-hybridized carbons (Fsp3) is 0.414. The van der Waals surface area contributed by atoms with Crippen LogP contribution in [0, 0.1) is 0 Å². The SMILES string of the molecule is CCOC(=O)C1=C(C)N=c2sc(=Cc3ccc(N4CCCCC4)o3)c(=O)n2C1c1ccc(OC)c(OCC)c1. The second kappa shape index (κ2) is 11.5. The van der Waals surface area contributed by atoms with Gasteiger partial charge in [0.25, 0.3) is 5.56 Å². The van der Waals surface area contributed by atoms with E-state index in [1.54, 1.807) is 43.7 Å². The number of methoxy groups -OCH3 is 1. The molecule has 9 nitrogen and oxygen atoms in total. The molecule has 0 amide bonds. The number of piperidine rings is 1. The fourth-order valence-electron chi connectivity index (χ4n) is 5.07. The predicted molar refractivity (Wildman–Crippen MR) is 149 cm³/mol. The number of esters is 1. The summed E-state index contributed by atoms with van der Waals surface area (Å²) in [6.45, 7) is 7.98. The first-order valence-electron chi connectivity index (χ1n) is 13.3. The number of hydrogen-bond acceptors (Lipinski definition) is 9. The molecule has 4 heterocycles. The molecule has 2 aliphatic rings. The average molecular weight is 552 g/mol. The number of carbonyl (C=O) groups is 1. The summed E-state index contributed by atoms with van der Waals surface area (Å²) < 4.78 is 24.8. The minimum Gasteiger partial charge on any atom is -0.493 e. The van der Waals surface area contributed by atoms with Gasteiger partial charge in [-0.05, 0) is 63.8 Å². The number of aromatic nitrogens is 1. The third-order valence-electron chi connectivity index (χ3n) is 6.87. The van der Waals surface area contributed by atoms with E-state index >= 15 is 0 Å². The van der Waals surface area contributed by atoms with Gasteiger partial charge in [-0.15, -0.1) is 0 Å². The van der Waals surface area contributed by atoms with E-state index in [4.69, 9.17) is 18.6 Å². The molecule has 10 heteroatoms. The molecule has 0 saturated carbocycles. The van der Waals surface area contributed by atoms with Crippen LogP contribution < -0.4 is 29.3 Å². The van der Waals surface area contributed by atoms with Crippen molar-refractivity contribution in [3.63, 3.8) is 0 Å². The average Bonchev–Trinajstić information content (AvgIpc) is 3.53. The Hall–Kier alpha value is -3.79. The highest BCUT2D eigenvalue weighted by Crippen LogP contribution is 2.36. The van der Waals surface area contributed by atoms with Crippen molar-refractivity contribution in [1.29, 1.82) is 0 Å². The predicted octanol–water partition coefficient (Wildman–Crippen LogP) is 3.79. The molecule has 0 bridgehead atoms. The zero-order chi connectivity index (χ0) is 27.5. The number of fused-ring (bicyclic) bond motifs is 1. The van der Waals surface area contributed by atoms with Crippen LogP contribution in [0.2, 0.25) is 0 Å². The number of thiazole rings is 1. The second-order valence-electron chi connectivity index (χ2n) is 9.37. The van der Waals surface area contributed by atoms with E-state index in [-0.39, 0.29) is 12.2 Å². The van der Waals surface area contributed by atoms with Crippen molar-refractivity contribution in [1.82, 2.24) is 4.57 Å². The van der Waals surface area contributed by atoms with Gasteiger partial charge in [-0.2, -0.15) is 0 Å². The minimum atomic E-state index is -0.743. The van der Waals surface area contributed by atoms with E-state index < -0.39 is 12.0 Å². The Labute approximate surface area is 230 Å². The Morgan fingerprint density at radius 3 is 2.64 bits per heavy atom. The van der Waals surface area contributed by atoms with Gasteiger partial charge in [0.1, 0.15) is 5.76 Å². The molecular formula is C29H33N3O6S. The number of hydrogen-bond donors (Lipinski definition) is 0. The first kappa shape index (κ1) is 26.8. The standard InChI is InChI=1S/C29H33N3O6S/c1-5-36-22-16-19(10-12-21(22)35-4)26-25(28(34)37-6-2)18(3)30-29-32(26)27(33)23(39-29)17-20-11-13-24(38-20)31-14-8-7-9-15-31/h10-13,16-17,26H,5-9,14-15H2,1-4H3. The topological polar surface area (TPSA) is 95.5 Å². The normalized spacial score (nSPS) is 17.6. The highest BCUT2D eigenvalue weighted by molar-refractivity contribution is 7.07. The van der Waals surface area contributed by atoms with E-state index in [0.29, 0.717) is 50.0 Å². The lowest BCUT2D eigenvalue weighted by Crippen LogP contribution is -2.40. The molecule has 1 unspecified atom stereocenters. The van der Waals surface area contributed by atoms with Crippen LogP contribution in [0.4, 0.5) is 5.88 Å². The summed E-state index contributed by atoms with van der Waals surface area (Å²) in [4.78, 5) is 34.4. The molecule has 0 spiro atoms. The molecule has 5 rings (SSSR count). The van der Waals surface area contributed by atoms with Gasteiger partial charge in [0.2, 0.25) is 0 Å². The lowest BCUT2D eigenvalue weighted by Gasteiger charge is -2.25. The minimum absolute atomic E-state index is 0.206. The summed E-state index contributed by atoms with van der Waals surface area (Å²) >= 11 is 1.27. The maximum atomic E-state index is 13.9. The van der Waals surface area contributed by atoms with Gasteiger partial charge in [0.05, 0.1) is 42.2 Å². The Morgan fingerprint density at radius 2 is 1.92 bits per heavy atom. The largest absolute Gasteiger partial charge is 0.493 e. The zero-order valence-electron chi connectivity index (χ0n) is 22.7. The first-order chi connectivity index (χ1) is 18.9. The summed E-state index contributed by atoms with van der Waals surface area (Å²) in [6.07, 6.45) is 5.28.